The first-order valence-electron chi connectivity index (χ1n) is 7.88. The molecule has 1 aliphatic heterocycles. The van der Waals surface area contributed by atoms with Crippen molar-refractivity contribution in [1.29, 1.82) is 0 Å². The number of nitrogens with one attached hydrogen (secondary N) is 1. The molecule has 8 nitrogen and oxygen atoms in total. The molecule has 0 radical (unpaired) electrons. The van der Waals surface area contributed by atoms with Crippen LogP contribution in [0.1, 0.15) is 24.5 Å². The molecule has 0 spiro atoms. The van der Waals surface area contributed by atoms with E-state index in [1.165, 1.54) is 13.4 Å². The van der Waals surface area contributed by atoms with Gasteiger partial charge in [-0.05, 0) is 18.9 Å². The second-order valence-corrected chi connectivity index (χ2v) is 5.67. The van der Waals surface area contributed by atoms with E-state index in [-0.39, 0.29) is 18.4 Å². The lowest BCUT2D eigenvalue weighted by Gasteiger charge is -2.32. The van der Waals surface area contributed by atoms with E-state index in [0.717, 1.165) is 30.8 Å². The summed E-state index contributed by atoms with van der Waals surface area (Å²) >= 11 is 0. The molecular weight excluding hydrogens is 308 g/mol. The number of anilines is 2. The molecule has 1 aliphatic rings. The van der Waals surface area contributed by atoms with Crippen LogP contribution in [-0.4, -0.2) is 57.5 Å². The predicted molar refractivity (Wildman–Crippen MR) is 87.8 cm³/mol. The molecule has 0 saturated carbocycles. The zero-order valence-electron chi connectivity index (χ0n) is 13.6. The maximum absolute atomic E-state index is 12.0. The summed E-state index contributed by atoms with van der Waals surface area (Å²) < 4.78 is 4.94. The van der Waals surface area contributed by atoms with Crippen LogP contribution in [0.5, 0.6) is 0 Å². The Morgan fingerprint density at radius 2 is 2.25 bits per heavy atom. The van der Waals surface area contributed by atoms with Crippen molar-refractivity contribution in [1.82, 2.24) is 24.8 Å². The summed E-state index contributed by atoms with van der Waals surface area (Å²) in [6.07, 6.45) is 8.48. The van der Waals surface area contributed by atoms with Crippen molar-refractivity contribution in [2.24, 2.45) is 0 Å². The molecule has 0 aromatic carbocycles. The number of rotatable bonds is 5. The second kappa shape index (κ2) is 7.78. The first-order valence-corrected chi connectivity index (χ1v) is 7.88. The largest absolute Gasteiger partial charge is 0.375 e. The fraction of sp³-hybridized carbons (Fsp3) is 0.438. The molecule has 8 heteroatoms. The highest BCUT2D eigenvalue weighted by Crippen LogP contribution is 2.26. The monoisotopic (exact) mass is 328 g/mol. The Bertz CT molecular complexity index is 681. The van der Waals surface area contributed by atoms with Gasteiger partial charge in [-0.15, -0.1) is 0 Å². The predicted octanol–water partition coefficient (Wildman–Crippen LogP) is 1.36. The number of hydrogen-bond acceptors (Lipinski definition) is 7. The van der Waals surface area contributed by atoms with E-state index >= 15 is 0 Å². The van der Waals surface area contributed by atoms with Crippen LogP contribution in [0.2, 0.25) is 0 Å². The molecule has 1 N–H and O–H groups in total. The van der Waals surface area contributed by atoms with Crippen LogP contribution in [0.15, 0.2) is 31.0 Å². The maximum atomic E-state index is 12.0. The van der Waals surface area contributed by atoms with Gasteiger partial charge in [0.25, 0.3) is 0 Å². The second-order valence-electron chi connectivity index (χ2n) is 5.67. The highest BCUT2D eigenvalue weighted by molar-refractivity contribution is 5.77. The van der Waals surface area contributed by atoms with Crippen molar-refractivity contribution in [2.45, 2.75) is 18.8 Å². The van der Waals surface area contributed by atoms with Gasteiger partial charge in [0, 0.05) is 32.3 Å². The van der Waals surface area contributed by atoms with E-state index in [1.54, 1.807) is 18.6 Å². The van der Waals surface area contributed by atoms with Gasteiger partial charge < -0.3 is 15.0 Å². The molecule has 0 aliphatic carbocycles. The Morgan fingerprint density at radius 3 is 3.04 bits per heavy atom. The van der Waals surface area contributed by atoms with Gasteiger partial charge in [0.2, 0.25) is 11.9 Å². The lowest BCUT2D eigenvalue weighted by molar-refractivity contribution is -0.136. The summed E-state index contributed by atoms with van der Waals surface area (Å²) in [5.41, 5.74) is 1.66. The van der Waals surface area contributed by atoms with Crippen LogP contribution in [0.25, 0.3) is 0 Å². The third-order valence-electron chi connectivity index (χ3n) is 3.95. The Morgan fingerprint density at radius 1 is 1.42 bits per heavy atom. The number of hydrogen-bond donors (Lipinski definition) is 1. The summed E-state index contributed by atoms with van der Waals surface area (Å²) in [4.78, 5) is 30.6. The highest BCUT2D eigenvalue weighted by atomic mass is 16.5. The van der Waals surface area contributed by atoms with Crippen LogP contribution in [0.4, 0.5) is 11.6 Å². The molecule has 3 rings (SSSR count). The van der Waals surface area contributed by atoms with Gasteiger partial charge in [-0.3, -0.25) is 4.79 Å². The number of carbonyl (C=O) groups excluding carboxylic acids is 1. The van der Waals surface area contributed by atoms with Gasteiger partial charge in [0.05, 0.1) is 23.8 Å². The summed E-state index contributed by atoms with van der Waals surface area (Å²) in [7, 11) is 1.54. The maximum Gasteiger partial charge on any atom is 0.248 e. The van der Waals surface area contributed by atoms with Crippen molar-refractivity contribution in [3.8, 4) is 0 Å². The molecule has 126 valence electrons. The number of nitrogens with zero attached hydrogens (tertiary/aromatic N) is 5. The number of carbonyl (C=O) groups is 1. The quantitative estimate of drug-likeness (QED) is 0.885. The SMILES string of the molecule is COCC(=O)N1CCC[C@@H](c2ccnc(Nc3cncnc3)n2)C1. The van der Waals surface area contributed by atoms with E-state index in [9.17, 15) is 4.79 Å². The molecule has 1 fully saturated rings. The van der Waals surface area contributed by atoms with E-state index < -0.39 is 0 Å². The lowest BCUT2D eigenvalue weighted by atomic mass is 9.94. The van der Waals surface area contributed by atoms with Gasteiger partial charge in [-0.2, -0.15) is 0 Å². The molecule has 2 aromatic heterocycles. The van der Waals surface area contributed by atoms with Gasteiger partial charge in [-0.1, -0.05) is 0 Å². The molecule has 3 heterocycles. The normalized spacial score (nSPS) is 17.5. The minimum Gasteiger partial charge on any atom is -0.375 e. The fourth-order valence-electron chi connectivity index (χ4n) is 2.81. The van der Waals surface area contributed by atoms with Crippen LogP contribution >= 0.6 is 0 Å². The molecule has 0 bridgehead atoms. The van der Waals surface area contributed by atoms with E-state index in [2.05, 4.69) is 25.3 Å². The molecule has 0 unspecified atom stereocenters. The molecular formula is C16H20N6O2. The van der Waals surface area contributed by atoms with Crippen molar-refractivity contribution in [3.63, 3.8) is 0 Å². The minimum atomic E-state index is 0.0241. The Kier molecular flexibility index (Phi) is 5.27. The third kappa shape index (κ3) is 4.02. The summed E-state index contributed by atoms with van der Waals surface area (Å²) in [5, 5.41) is 3.09. The van der Waals surface area contributed by atoms with Crippen LogP contribution in [0.3, 0.4) is 0 Å². The van der Waals surface area contributed by atoms with Crippen LogP contribution < -0.4 is 5.32 Å². The molecule has 1 atom stereocenters. The standard InChI is InChI=1S/C16H20N6O2/c1-24-10-15(23)22-6-2-3-12(9-22)14-4-5-19-16(21-14)20-13-7-17-11-18-8-13/h4-5,7-8,11-12H,2-3,6,9-10H2,1H3,(H,19,20,21)/t12-/m1/s1. The van der Waals surface area contributed by atoms with Gasteiger partial charge in [0.15, 0.2) is 0 Å². The first kappa shape index (κ1) is 16.3. The third-order valence-corrected chi connectivity index (χ3v) is 3.95. The average molecular weight is 328 g/mol. The Hall–Kier alpha value is -2.61. The van der Waals surface area contributed by atoms with E-state index in [1.807, 2.05) is 11.0 Å². The number of aromatic nitrogens is 4. The molecule has 24 heavy (non-hydrogen) atoms. The van der Waals surface area contributed by atoms with Crippen LogP contribution in [0, 0.1) is 0 Å². The van der Waals surface area contributed by atoms with Crippen molar-refractivity contribution in [3.05, 3.63) is 36.7 Å². The number of methoxy groups -OCH3 is 1. The van der Waals surface area contributed by atoms with E-state index in [0.29, 0.717) is 12.5 Å². The van der Waals surface area contributed by atoms with E-state index in [4.69, 9.17) is 4.74 Å². The number of ether oxygens (including phenoxy) is 1. The molecule has 1 saturated heterocycles. The number of amides is 1. The topological polar surface area (TPSA) is 93.1 Å². The smallest absolute Gasteiger partial charge is 0.248 e. The Labute approximate surface area is 140 Å². The van der Waals surface area contributed by atoms with Gasteiger partial charge in [0.1, 0.15) is 12.9 Å². The highest BCUT2D eigenvalue weighted by Gasteiger charge is 2.25. The molecule has 1 amide bonds. The fourth-order valence-corrected chi connectivity index (χ4v) is 2.81. The van der Waals surface area contributed by atoms with Gasteiger partial charge >= 0.3 is 0 Å². The zero-order chi connectivity index (χ0) is 16.8. The summed E-state index contributed by atoms with van der Waals surface area (Å²) in [6.45, 7) is 1.56. The zero-order valence-corrected chi connectivity index (χ0v) is 13.6. The first-order chi connectivity index (χ1) is 11.8. The molecule has 2 aromatic rings. The van der Waals surface area contributed by atoms with Crippen LogP contribution in [-0.2, 0) is 9.53 Å². The average Bonchev–Trinajstić information content (AvgIpc) is 2.63. The Balaban J connectivity index is 1.70. The minimum absolute atomic E-state index is 0.0241. The van der Waals surface area contributed by atoms with Crippen molar-refractivity contribution in [2.75, 3.05) is 32.1 Å². The van der Waals surface area contributed by atoms with Gasteiger partial charge in [-0.25, -0.2) is 19.9 Å². The number of piperidine rings is 1. The summed E-state index contributed by atoms with van der Waals surface area (Å²) in [5.74, 6) is 0.730. The summed E-state index contributed by atoms with van der Waals surface area (Å²) in [6, 6.07) is 1.90. The lowest BCUT2D eigenvalue weighted by Crippen LogP contribution is -2.41. The van der Waals surface area contributed by atoms with Crippen molar-refractivity contribution >= 4 is 17.5 Å². The number of likely N-dealkylation sites (tertiary alicyclic amines) is 1. The van der Waals surface area contributed by atoms with Crippen molar-refractivity contribution < 1.29 is 9.53 Å².